The van der Waals surface area contributed by atoms with Crippen LogP contribution in [0.25, 0.3) is 16.8 Å². The van der Waals surface area contributed by atoms with Crippen LogP contribution in [0.5, 0.6) is 0 Å². The maximum atomic E-state index is 13.8. The Balaban J connectivity index is 1.53. The van der Waals surface area contributed by atoms with Gasteiger partial charge in [0, 0.05) is 43.7 Å². The van der Waals surface area contributed by atoms with Gasteiger partial charge in [-0.15, -0.1) is 0 Å². The van der Waals surface area contributed by atoms with Crippen molar-refractivity contribution < 1.29 is 4.79 Å². The number of hydrogen-bond donors (Lipinski definition) is 0. The van der Waals surface area contributed by atoms with E-state index in [1.807, 2.05) is 97.2 Å². The zero-order chi connectivity index (χ0) is 24.5. The first kappa shape index (κ1) is 22.8. The van der Waals surface area contributed by atoms with Crippen molar-refractivity contribution in [2.24, 2.45) is 0 Å². The summed E-state index contributed by atoms with van der Waals surface area (Å²) in [6.07, 6.45) is 3.69. The number of nitrogens with zero attached hydrogens (tertiary/aromatic N) is 6. The highest BCUT2D eigenvalue weighted by atomic mass is 16.2. The Morgan fingerprint density at radius 1 is 1.03 bits per heavy atom. The Labute approximate surface area is 206 Å². The number of carbonyl (C=O) groups excluding carboxylic acids is 1. The molecule has 1 aliphatic heterocycles. The van der Waals surface area contributed by atoms with Gasteiger partial charge < -0.3 is 9.80 Å². The van der Waals surface area contributed by atoms with E-state index in [0.717, 1.165) is 46.7 Å². The minimum atomic E-state index is -0.114. The number of amides is 1. The summed E-state index contributed by atoms with van der Waals surface area (Å²) in [6, 6.07) is 19.8. The van der Waals surface area contributed by atoms with Gasteiger partial charge >= 0.3 is 0 Å². The van der Waals surface area contributed by atoms with E-state index in [0.29, 0.717) is 18.1 Å². The number of aryl methyl sites for hydroxylation is 2. The zero-order valence-corrected chi connectivity index (χ0v) is 20.6. The predicted molar refractivity (Wildman–Crippen MR) is 138 cm³/mol. The minimum Gasteiger partial charge on any atom is -0.347 e. The molecule has 0 unspecified atom stereocenters. The lowest BCUT2D eigenvalue weighted by Crippen LogP contribution is -2.31. The van der Waals surface area contributed by atoms with Crippen LogP contribution >= 0.6 is 0 Å². The molecule has 0 bridgehead atoms. The van der Waals surface area contributed by atoms with Gasteiger partial charge in [-0.3, -0.25) is 4.79 Å². The molecule has 0 saturated carbocycles. The first-order valence-corrected chi connectivity index (χ1v) is 12.0. The first-order chi connectivity index (χ1) is 16.9. The van der Waals surface area contributed by atoms with E-state index < -0.39 is 0 Å². The van der Waals surface area contributed by atoms with Crippen LogP contribution in [-0.2, 0) is 0 Å². The van der Waals surface area contributed by atoms with Crippen LogP contribution in [0.3, 0.4) is 0 Å². The molecule has 35 heavy (non-hydrogen) atoms. The molecule has 5 rings (SSSR count). The Hall–Kier alpha value is -4.00. The van der Waals surface area contributed by atoms with Gasteiger partial charge in [-0.05, 0) is 56.5 Å². The van der Waals surface area contributed by atoms with Crippen LogP contribution in [0.2, 0.25) is 0 Å². The lowest BCUT2D eigenvalue weighted by atomic mass is 9.99. The molecule has 0 N–H and O–H groups in total. The van der Waals surface area contributed by atoms with E-state index in [4.69, 9.17) is 4.98 Å². The molecule has 3 heterocycles. The molecule has 178 valence electrons. The number of hydrogen-bond acceptors (Lipinski definition) is 5. The van der Waals surface area contributed by atoms with Gasteiger partial charge in [-0.2, -0.15) is 5.10 Å². The highest BCUT2D eigenvalue weighted by Crippen LogP contribution is 2.38. The fraction of sp³-hybridized carbons (Fsp3) is 0.286. The fourth-order valence-electron chi connectivity index (χ4n) is 4.82. The quantitative estimate of drug-likeness (QED) is 0.415. The van der Waals surface area contributed by atoms with Crippen LogP contribution in [0.15, 0.2) is 66.9 Å². The molecule has 2 aromatic carbocycles. The number of anilines is 1. The molecule has 0 aliphatic carbocycles. The van der Waals surface area contributed by atoms with Crippen molar-refractivity contribution in [2.45, 2.75) is 32.7 Å². The molecule has 1 amide bonds. The second-order valence-electron chi connectivity index (χ2n) is 9.28. The molecular formula is C28H30N6O. The van der Waals surface area contributed by atoms with Crippen molar-refractivity contribution in [3.8, 4) is 16.8 Å². The molecule has 7 heteroatoms. The maximum absolute atomic E-state index is 13.8. The number of carbonyl (C=O) groups is 1. The third-order valence-electron chi connectivity index (χ3n) is 6.47. The molecule has 1 aliphatic rings. The second-order valence-corrected chi connectivity index (χ2v) is 9.28. The third-order valence-corrected chi connectivity index (χ3v) is 6.47. The number of aromatic nitrogens is 4. The summed E-state index contributed by atoms with van der Waals surface area (Å²) in [5.74, 6) is 0.658. The lowest BCUT2D eigenvalue weighted by Gasteiger charge is -2.27. The SMILES string of the molecule is Cc1cc(C)n(-c2cccc(C(=O)N3CCC[C@@H]3c3nc(N(C)C)ncc3-c3ccccc3)c2)n1. The molecule has 0 spiro atoms. The van der Waals surface area contributed by atoms with E-state index >= 15 is 0 Å². The van der Waals surface area contributed by atoms with Crippen LogP contribution in [0.1, 0.15) is 46.3 Å². The molecule has 1 fully saturated rings. The number of likely N-dealkylation sites (tertiary alicyclic amines) is 1. The maximum Gasteiger partial charge on any atom is 0.254 e. The first-order valence-electron chi connectivity index (χ1n) is 12.0. The average molecular weight is 467 g/mol. The number of rotatable bonds is 5. The van der Waals surface area contributed by atoms with Crippen molar-refractivity contribution in [3.63, 3.8) is 0 Å². The standard InChI is InChI=1S/C28H30N6O/c1-19-16-20(2)34(31-19)23-13-8-12-22(17-23)27(35)33-15-9-14-25(33)26-24(21-10-6-5-7-11-21)18-29-28(30-26)32(3)4/h5-8,10-13,16-18,25H,9,14-15H2,1-4H3/t25-/m1/s1. The summed E-state index contributed by atoms with van der Waals surface area (Å²) in [5.41, 5.74) is 6.46. The average Bonchev–Trinajstić information content (AvgIpc) is 3.49. The Morgan fingerprint density at radius 3 is 2.54 bits per heavy atom. The molecule has 1 atom stereocenters. The summed E-state index contributed by atoms with van der Waals surface area (Å²) in [5, 5.41) is 4.58. The summed E-state index contributed by atoms with van der Waals surface area (Å²) >= 11 is 0. The monoisotopic (exact) mass is 466 g/mol. The van der Waals surface area contributed by atoms with Crippen molar-refractivity contribution in [2.75, 3.05) is 25.5 Å². The molecule has 7 nitrogen and oxygen atoms in total. The van der Waals surface area contributed by atoms with Crippen LogP contribution < -0.4 is 4.90 Å². The van der Waals surface area contributed by atoms with Crippen LogP contribution in [0, 0.1) is 13.8 Å². The van der Waals surface area contributed by atoms with Gasteiger partial charge in [0.05, 0.1) is 23.1 Å². The largest absolute Gasteiger partial charge is 0.347 e. The van der Waals surface area contributed by atoms with Gasteiger partial charge in [0.25, 0.3) is 5.91 Å². The molecule has 4 aromatic rings. The van der Waals surface area contributed by atoms with Gasteiger partial charge in [0.1, 0.15) is 0 Å². The lowest BCUT2D eigenvalue weighted by molar-refractivity contribution is 0.0733. The summed E-state index contributed by atoms with van der Waals surface area (Å²) in [6.45, 7) is 4.69. The summed E-state index contributed by atoms with van der Waals surface area (Å²) in [7, 11) is 3.87. The highest BCUT2D eigenvalue weighted by Gasteiger charge is 2.34. The highest BCUT2D eigenvalue weighted by molar-refractivity contribution is 5.95. The van der Waals surface area contributed by atoms with Crippen molar-refractivity contribution in [3.05, 3.63) is 89.5 Å². The normalized spacial score (nSPS) is 15.4. The molecule has 0 radical (unpaired) electrons. The molecule has 1 saturated heterocycles. The van der Waals surface area contributed by atoms with E-state index in [1.54, 1.807) is 0 Å². The topological polar surface area (TPSA) is 67.2 Å². The van der Waals surface area contributed by atoms with E-state index in [9.17, 15) is 4.79 Å². The molecular weight excluding hydrogens is 436 g/mol. The fourth-order valence-corrected chi connectivity index (χ4v) is 4.82. The minimum absolute atomic E-state index is 0.0138. The third kappa shape index (κ3) is 4.41. The van der Waals surface area contributed by atoms with Gasteiger partial charge in [0.15, 0.2) is 0 Å². The molecule has 2 aromatic heterocycles. The van der Waals surface area contributed by atoms with E-state index in [-0.39, 0.29) is 11.9 Å². The smallest absolute Gasteiger partial charge is 0.254 e. The van der Waals surface area contributed by atoms with Crippen molar-refractivity contribution in [1.29, 1.82) is 0 Å². The Morgan fingerprint density at radius 2 is 1.83 bits per heavy atom. The summed E-state index contributed by atoms with van der Waals surface area (Å²) < 4.78 is 1.88. The van der Waals surface area contributed by atoms with Gasteiger partial charge in [-0.25, -0.2) is 14.6 Å². The second kappa shape index (κ2) is 9.33. The van der Waals surface area contributed by atoms with Gasteiger partial charge in [-0.1, -0.05) is 36.4 Å². The zero-order valence-electron chi connectivity index (χ0n) is 20.6. The van der Waals surface area contributed by atoms with E-state index in [2.05, 4.69) is 22.2 Å². The predicted octanol–water partition coefficient (Wildman–Crippen LogP) is 4.99. The van der Waals surface area contributed by atoms with Crippen LogP contribution in [0.4, 0.5) is 5.95 Å². The Kier molecular flexibility index (Phi) is 6.07. The van der Waals surface area contributed by atoms with E-state index in [1.165, 1.54) is 0 Å². The van der Waals surface area contributed by atoms with Crippen molar-refractivity contribution in [1.82, 2.24) is 24.6 Å². The number of benzene rings is 2. The van der Waals surface area contributed by atoms with Gasteiger partial charge in [0.2, 0.25) is 5.95 Å². The Bertz CT molecular complexity index is 1360. The summed E-state index contributed by atoms with van der Waals surface area (Å²) in [4.78, 5) is 27.2. The van der Waals surface area contributed by atoms with Crippen molar-refractivity contribution >= 4 is 11.9 Å². The van der Waals surface area contributed by atoms with Crippen LogP contribution in [-0.4, -0.2) is 51.2 Å².